The van der Waals surface area contributed by atoms with Gasteiger partial charge in [0.1, 0.15) is 11.5 Å². The van der Waals surface area contributed by atoms with E-state index in [0.29, 0.717) is 19.1 Å². The first-order valence-electron chi connectivity index (χ1n) is 11.6. The van der Waals surface area contributed by atoms with Gasteiger partial charge in [-0.1, -0.05) is 50.7 Å². The standard InChI is InChI=1S/C28H30O3S/c1-4-19(3)21-8-10-22(11-9-21)31-23-12-14-27-25(18-23)28(29-15-6-16-30-28)24-17-20(5-2)7-13-26(24)32-27/h7-14,17-19H,4-6,15-16H2,1-3H3. The van der Waals surface area contributed by atoms with E-state index < -0.39 is 5.79 Å². The van der Waals surface area contributed by atoms with Gasteiger partial charge in [-0.25, -0.2) is 0 Å². The summed E-state index contributed by atoms with van der Waals surface area (Å²) < 4.78 is 19.1. The molecule has 5 rings (SSSR count). The summed E-state index contributed by atoms with van der Waals surface area (Å²) in [5.41, 5.74) is 4.78. The molecule has 0 amide bonds. The number of rotatable bonds is 5. The highest BCUT2D eigenvalue weighted by Gasteiger charge is 2.45. The molecule has 1 unspecified atom stereocenters. The lowest BCUT2D eigenvalue weighted by Crippen LogP contribution is -2.41. The summed E-state index contributed by atoms with van der Waals surface area (Å²) >= 11 is 1.78. The van der Waals surface area contributed by atoms with Crippen molar-refractivity contribution < 1.29 is 14.2 Å². The average molecular weight is 447 g/mol. The maximum atomic E-state index is 6.43. The van der Waals surface area contributed by atoms with E-state index in [0.717, 1.165) is 46.8 Å². The van der Waals surface area contributed by atoms with Crippen LogP contribution in [0.25, 0.3) is 0 Å². The van der Waals surface area contributed by atoms with Crippen LogP contribution in [0.1, 0.15) is 61.8 Å². The summed E-state index contributed by atoms with van der Waals surface area (Å²) in [5, 5.41) is 0. The Morgan fingerprint density at radius 3 is 2.22 bits per heavy atom. The second-order valence-corrected chi connectivity index (χ2v) is 9.68. The molecule has 0 saturated carbocycles. The lowest BCUT2D eigenvalue weighted by Gasteiger charge is -2.42. The van der Waals surface area contributed by atoms with Crippen molar-refractivity contribution in [1.82, 2.24) is 0 Å². The van der Waals surface area contributed by atoms with Crippen LogP contribution in [0.15, 0.2) is 70.5 Å². The van der Waals surface area contributed by atoms with Gasteiger partial charge < -0.3 is 14.2 Å². The van der Waals surface area contributed by atoms with Crippen LogP contribution in [0.4, 0.5) is 0 Å². The number of hydrogen-bond donors (Lipinski definition) is 0. The van der Waals surface area contributed by atoms with Gasteiger partial charge in [-0.2, -0.15) is 0 Å². The number of fused-ring (bicyclic) bond motifs is 4. The number of benzene rings is 3. The Morgan fingerprint density at radius 2 is 1.53 bits per heavy atom. The first-order valence-corrected chi connectivity index (χ1v) is 12.5. The first kappa shape index (κ1) is 21.6. The SMILES string of the molecule is CCc1ccc2c(c1)C1(OCCCO1)c1cc(Oc3ccc(C(C)CC)cc3)ccc1S2. The smallest absolute Gasteiger partial charge is 0.224 e. The molecule has 2 aliphatic heterocycles. The molecule has 0 bridgehead atoms. The molecule has 3 aromatic rings. The van der Waals surface area contributed by atoms with Gasteiger partial charge in [0.2, 0.25) is 5.79 Å². The summed E-state index contributed by atoms with van der Waals surface area (Å²) in [6.45, 7) is 8.01. The number of aryl methyl sites for hydroxylation is 1. The molecule has 2 heterocycles. The van der Waals surface area contributed by atoms with E-state index in [1.807, 2.05) is 6.07 Å². The summed E-state index contributed by atoms with van der Waals surface area (Å²) in [7, 11) is 0. The molecule has 4 heteroatoms. The maximum absolute atomic E-state index is 6.43. The van der Waals surface area contributed by atoms with Crippen LogP contribution in [0.5, 0.6) is 11.5 Å². The molecular weight excluding hydrogens is 416 g/mol. The van der Waals surface area contributed by atoms with E-state index in [2.05, 4.69) is 75.4 Å². The summed E-state index contributed by atoms with van der Waals surface area (Å²) in [6, 6.07) is 21.4. The van der Waals surface area contributed by atoms with Crippen LogP contribution in [0.2, 0.25) is 0 Å². The lowest BCUT2D eigenvalue weighted by molar-refractivity contribution is -0.252. The van der Waals surface area contributed by atoms with Gasteiger partial charge in [-0.3, -0.25) is 0 Å². The highest BCUT2D eigenvalue weighted by molar-refractivity contribution is 7.99. The Bertz CT molecular complexity index is 1100. The van der Waals surface area contributed by atoms with Gasteiger partial charge >= 0.3 is 0 Å². The van der Waals surface area contributed by atoms with Gasteiger partial charge in [0, 0.05) is 20.9 Å². The minimum Gasteiger partial charge on any atom is -0.457 e. The van der Waals surface area contributed by atoms with E-state index in [9.17, 15) is 0 Å². The fraction of sp³-hybridized carbons (Fsp3) is 0.357. The summed E-state index contributed by atoms with van der Waals surface area (Å²) in [4.78, 5) is 2.36. The van der Waals surface area contributed by atoms with Gasteiger partial charge in [0.15, 0.2) is 0 Å². The second-order valence-electron chi connectivity index (χ2n) is 8.59. The van der Waals surface area contributed by atoms with E-state index in [1.54, 1.807) is 11.8 Å². The Kier molecular flexibility index (Phi) is 6.02. The first-order chi connectivity index (χ1) is 15.6. The Balaban J connectivity index is 1.51. The quantitative estimate of drug-likeness (QED) is 0.402. The molecule has 2 aliphatic rings. The average Bonchev–Trinajstić information content (AvgIpc) is 2.85. The maximum Gasteiger partial charge on any atom is 0.224 e. The molecule has 0 radical (unpaired) electrons. The third kappa shape index (κ3) is 3.85. The van der Waals surface area contributed by atoms with Crippen LogP contribution in [-0.2, 0) is 21.7 Å². The van der Waals surface area contributed by atoms with Crippen molar-refractivity contribution >= 4 is 11.8 Å². The van der Waals surface area contributed by atoms with Crippen molar-refractivity contribution in [2.45, 2.75) is 61.5 Å². The minimum atomic E-state index is -0.862. The molecule has 32 heavy (non-hydrogen) atoms. The molecule has 1 spiro atoms. The molecule has 3 nitrogen and oxygen atoms in total. The lowest BCUT2D eigenvalue weighted by atomic mass is 9.93. The van der Waals surface area contributed by atoms with Crippen LogP contribution in [0.3, 0.4) is 0 Å². The zero-order valence-electron chi connectivity index (χ0n) is 19.0. The van der Waals surface area contributed by atoms with Crippen molar-refractivity contribution in [2.75, 3.05) is 13.2 Å². The zero-order valence-corrected chi connectivity index (χ0v) is 19.8. The summed E-state index contributed by atoms with van der Waals surface area (Å²) in [5.74, 6) is 1.33. The predicted octanol–water partition coefficient (Wildman–Crippen LogP) is 7.66. The molecule has 0 aromatic heterocycles. The van der Waals surface area contributed by atoms with E-state index >= 15 is 0 Å². The number of ether oxygens (including phenoxy) is 3. The highest BCUT2D eigenvalue weighted by atomic mass is 32.2. The van der Waals surface area contributed by atoms with Crippen molar-refractivity contribution in [3.05, 3.63) is 82.9 Å². The number of hydrogen-bond acceptors (Lipinski definition) is 4. The minimum absolute atomic E-state index is 0.554. The van der Waals surface area contributed by atoms with E-state index in [-0.39, 0.29) is 0 Å². The fourth-order valence-electron chi connectivity index (χ4n) is 4.41. The monoisotopic (exact) mass is 446 g/mol. The molecule has 1 fully saturated rings. The Labute approximate surface area is 195 Å². The van der Waals surface area contributed by atoms with Crippen molar-refractivity contribution in [2.24, 2.45) is 0 Å². The van der Waals surface area contributed by atoms with Crippen molar-refractivity contribution in [3.63, 3.8) is 0 Å². The molecule has 0 aliphatic carbocycles. The van der Waals surface area contributed by atoms with Gasteiger partial charge in [-0.15, -0.1) is 0 Å². The molecule has 1 saturated heterocycles. The topological polar surface area (TPSA) is 27.7 Å². The van der Waals surface area contributed by atoms with Crippen molar-refractivity contribution in [1.29, 1.82) is 0 Å². The van der Waals surface area contributed by atoms with Crippen molar-refractivity contribution in [3.8, 4) is 11.5 Å². The predicted molar refractivity (Wildman–Crippen MR) is 129 cm³/mol. The van der Waals surface area contributed by atoms with Gasteiger partial charge in [0.05, 0.1) is 13.2 Å². The van der Waals surface area contributed by atoms with Gasteiger partial charge in [-0.05, 0) is 78.8 Å². The third-order valence-electron chi connectivity index (χ3n) is 6.53. The van der Waals surface area contributed by atoms with E-state index in [4.69, 9.17) is 14.2 Å². The van der Waals surface area contributed by atoms with E-state index in [1.165, 1.54) is 16.0 Å². The Morgan fingerprint density at radius 1 is 0.875 bits per heavy atom. The van der Waals surface area contributed by atoms with Gasteiger partial charge in [0.25, 0.3) is 0 Å². The summed E-state index contributed by atoms with van der Waals surface area (Å²) in [6.07, 6.45) is 3.02. The second kappa shape index (κ2) is 8.93. The molecular formula is C28H30O3S. The largest absolute Gasteiger partial charge is 0.457 e. The normalized spacial score (nSPS) is 17.5. The molecule has 166 valence electrons. The van der Waals surface area contributed by atoms with Crippen LogP contribution in [0, 0.1) is 0 Å². The highest BCUT2D eigenvalue weighted by Crippen LogP contribution is 2.52. The molecule has 1 atom stereocenters. The Hall–Kier alpha value is -2.27. The van der Waals surface area contributed by atoms with Crippen LogP contribution in [-0.4, -0.2) is 13.2 Å². The molecule has 0 N–H and O–H groups in total. The molecule has 3 aromatic carbocycles. The third-order valence-corrected chi connectivity index (χ3v) is 7.68. The zero-order chi connectivity index (χ0) is 22.1. The van der Waals surface area contributed by atoms with Crippen LogP contribution < -0.4 is 4.74 Å². The van der Waals surface area contributed by atoms with Crippen LogP contribution >= 0.6 is 11.8 Å². The fourth-order valence-corrected chi connectivity index (χ4v) is 5.52.